The molecule has 0 N–H and O–H groups in total. The van der Waals surface area contributed by atoms with E-state index >= 15 is 0 Å². The maximum Gasteiger partial charge on any atom is 0.281 e. The second kappa shape index (κ2) is 8.43. The molecule has 0 spiro atoms. The molecule has 1 amide bonds. The summed E-state index contributed by atoms with van der Waals surface area (Å²) in [6.07, 6.45) is 2.85. The van der Waals surface area contributed by atoms with Gasteiger partial charge in [-0.2, -0.15) is 5.01 Å². The van der Waals surface area contributed by atoms with Gasteiger partial charge in [-0.25, -0.2) is 0 Å². The zero-order chi connectivity index (χ0) is 20.8. The van der Waals surface area contributed by atoms with Crippen molar-refractivity contribution in [2.24, 2.45) is 10.3 Å². The SMILES string of the molecule is O=C(c1cccnc1)N(N=Nc1ccc([N+](=O)[O-])cc1)c1ccc([N+](=O)[O-])cc1. The lowest BCUT2D eigenvalue weighted by Gasteiger charge is -2.15. The third-order valence-electron chi connectivity index (χ3n) is 3.72. The average Bonchev–Trinajstić information content (AvgIpc) is 2.75. The van der Waals surface area contributed by atoms with E-state index in [9.17, 15) is 25.0 Å². The quantitative estimate of drug-likeness (QED) is 0.348. The molecule has 0 aliphatic heterocycles. The smallest absolute Gasteiger partial charge is 0.267 e. The first-order chi connectivity index (χ1) is 14.0. The van der Waals surface area contributed by atoms with Crippen LogP contribution in [0.25, 0.3) is 0 Å². The summed E-state index contributed by atoms with van der Waals surface area (Å²) in [6, 6.07) is 13.6. The molecule has 0 radical (unpaired) electrons. The normalized spacial score (nSPS) is 10.6. The van der Waals surface area contributed by atoms with Gasteiger partial charge in [0, 0.05) is 36.7 Å². The molecule has 0 fully saturated rings. The highest BCUT2D eigenvalue weighted by Gasteiger charge is 2.19. The number of aromatic nitrogens is 1. The summed E-state index contributed by atoms with van der Waals surface area (Å²) in [5, 5.41) is 30.4. The second-order valence-electron chi connectivity index (χ2n) is 5.60. The molecule has 1 aromatic heterocycles. The van der Waals surface area contributed by atoms with Crippen LogP contribution in [-0.2, 0) is 0 Å². The van der Waals surface area contributed by atoms with Crippen molar-refractivity contribution in [1.29, 1.82) is 0 Å². The van der Waals surface area contributed by atoms with Crippen LogP contribution in [-0.4, -0.2) is 20.7 Å². The van der Waals surface area contributed by atoms with Gasteiger partial charge in [-0.1, -0.05) is 5.22 Å². The number of hydrogen-bond donors (Lipinski definition) is 0. The van der Waals surface area contributed by atoms with E-state index in [-0.39, 0.29) is 28.3 Å². The third-order valence-corrected chi connectivity index (χ3v) is 3.72. The van der Waals surface area contributed by atoms with E-state index in [0.717, 1.165) is 5.01 Å². The van der Waals surface area contributed by atoms with E-state index in [4.69, 9.17) is 0 Å². The van der Waals surface area contributed by atoms with Crippen LogP contribution in [0.5, 0.6) is 0 Å². The van der Waals surface area contributed by atoms with Crippen molar-refractivity contribution in [3.63, 3.8) is 0 Å². The first-order valence-electron chi connectivity index (χ1n) is 8.11. The fraction of sp³-hybridized carbons (Fsp3) is 0. The molecule has 0 aliphatic rings. The van der Waals surface area contributed by atoms with Gasteiger partial charge in [0.05, 0.1) is 26.8 Å². The van der Waals surface area contributed by atoms with Gasteiger partial charge in [-0.05, 0) is 36.4 Å². The number of nitrogens with zero attached hydrogens (tertiary/aromatic N) is 6. The molecule has 1 heterocycles. The van der Waals surface area contributed by atoms with Crippen molar-refractivity contribution in [1.82, 2.24) is 4.98 Å². The second-order valence-corrected chi connectivity index (χ2v) is 5.60. The Morgan fingerprint density at radius 2 is 1.48 bits per heavy atom. The number of pyridine rings is 1. The van der Waals surface area contributed by atoms with Gasteiger partial charge < -0.3 is 0 Å². The molecular weight excluding hydrogens is 380 g/mol. The average molecular weight is 392 g/mol. The maximum atomic E-state index is 12.8. The number of anilines is 1. The fourth-order valence-electron chi connectivity index (χ4n) is 2.27. The molecule has 11 heteroatoms. The molecule has 2 aromatic carbocycles. The van der Waals surface area contributed by atoms with E-state index in [1.165, 1.54) is 67.0 Å². The molecule has 0 saturated carbocycles. The number of rotatable bonds is 6. The van der Waals surface area contributed by atoms with E-state index in [1.54, 1.807) is 6.07 Å². The van der Waals surface area contributed by atoms with E-state index < -0.39 is 15.8 Å². The van der Waals surface area contributed by atoms with Gasteiger partial charge in [0.25, 0.3) is 17.3 Å². The first-order valence-corrected chi connectivity index (χ1v) is 8.11. The van der Waals surface area contributed by atoms with Crippen LogP contribution < -0.4 is 5.01 Å². The van der Waals surface area contributed by atoms with Crippen LogP contribution in [0.15, 0.2) is 83.4 Å². The third kappa shape index (κ3) is 4.60. The van der Waals surface area contributed by atoms with Gasteiger partial charge in [0.1, 0.15) is 0 Å². The molecule has 144 valence electrons. The Labute approximate surface area is 163 Å². The molecule has 3 rings (SSSR count). The summed E-state index contributed by atoms with van der Waals surface area (Å²) < 4.78 is 0. The maximum absolute atomic E-state index is 12.8. The Balaban J connectivity index is 1.94. The van der Waals surface area contributed by atoms with Gasteiger partial charge >= 0.3 is 0 Å². The van der Waals surface area contributed by atoms with Crippen molar-refractivity contribution >= 4 is 28.7 Å². The van der Waals surface area contributed by atoms with Gasteiger partial charge in [0.15, 0.2) is 0 Å². The predicted octanol–water partition coefficient (Wildman–Crippen LogP) is 4.24. The van der Waals surface area contributed by atoms with Gasteiger partial charge in [0.2, 0.25) is 0 Å². The summed E-state index contributed by atoms with van der Waals surface area (Å²) in [5.41, 5.74) is 0.502. The van der Waals surface area contributed by atoms with Crippen LogP contribution in [0.3, 0.4) is 0 Å². The monoisotopic (exact) mass is 392 g/mol. The summed E-state index contributed by atoms with van der Waals surface area (Å²) >= 11 is 0. The number of carbonyl (C=O) groups excluding carboxylic acids is 1. The molecule has 0 saturated heterocycles. The summed E-state index contributed by atoms with van der Waals surface area (Å²) in [4.78, 5) is 37.2. The minimum absolute atomic E-state index is 0.109. The summed E-state index contributed by atoms with van der Waals surface area (Å²) in [7, 11) is 0. The number of amides is 1. The van der Waals surface area contributed by atoms with E-state index in [2.05, 4.69) is 15.3 Å². The largest absolute Gasteiger partial charge is 0.281 e. The highest BCUT2D eigenvalue weighted by molar-refractivity contribution is 6.05. The molecule has 0 aliphatic carbocycles. The lowest BCUT2D eigenvalue weighted by atomic mass is 10.2. The molecular formula is C18H12N6O5. The Hall–Kier alpha value is -4.54. The van der Waals surface area contributed by atoms with E-state index in [1.807, 2.05) is 0 Å². The molecule has 3 aromatic rings. The Morgan fingerprint density at radius 3 is 2.00 bits per heavy atom. The minimum Gasteiger partial charge on any atom is -0.267 e. The zero-order valence-electron chi connectivity index (χ0n) is 14.7. The number of hydrogen-bond acceptors (Lipinski definition) is 8. The number of nitro groups is 2. The molecule has 0 unspecified atom stereocenters. The van der Waals surface area contributed by atoms with Gasteiger partial charge in [-0.15, -0.1) is 5.11 Å². The number of non-ortho nitro benzene ring substituents is 2. The molecule has 0 atom stereocenters. The molecule has 29 heavy (non-hydrogen) atoms. The van der Waals surface area contributed by atoms with Crippen molar-refractivity contribution in [2.45, 2.75) is 0 Å². The number of carbonyl (C=O) groups is 1. The lowest BCUT2D eigenvalue weighted by Crippen LogP contribution is -2.25. The Bertz CT molecular complexity index is 1070. The van der Waals surface area contributed by atoms with Crippen LogP contribution in [0.2, 0.25) is 0 Å². The van der Waals surface area contributed by atoms with Crippen LogP contribution in [0.4, 0.5) is 22.7 Å². The predicted molar refractivity (Wildman–Crippen MR) is 102 cm³/mol. The van der Waals surface area contributed by atoms with Crippen molar-refractivity contribution in [3.05, 3.63) is 98.8 Å². The minimum atomic E-state index is -0.560. The van der Waals surface area contributed by atoms with Crippen LogP contribution >= 0.6 is 0 Å². The van der Waals surface area contributed by atoms with Crippen LogP contribution in [0.1, 0.15) is 10.4 Å². The van der Waals surface area contributed by atoms with Gasteiger partial charge in [-0.3, -0.25) is 30.0 Å². The Kier molecular flexibility index (Phi) is 5.59. The number of nitro benzene ring substituents is 2. The Morgan fingerprint density at radius 1 is 0.897 bits per heavy atom. The summed E-state index contributed by atoms with van der Waals surface area (Å²) in [5.74, 6) is -0.558. The van der Waals surface area contributed by atoms with Crippen molar-refractivity contribution in [2.75, 3.05) is 5.01 Å². The fourth-order valence-corrected chi connectivity index (χ4v) is 2.27. The molecule has 11 nitrogen and oxygen atoms in total. The highest BCUT2D eigenvalue weighted by atomic mass is 16.6. The lowest BCUT2D eigenvalue weighted by molar-refractivity contribution is -0.385. The summed E-state index contributed by atoms with van der Waals surface area (Å²) in [6.45, 7) is 0. The standard InChI is InChI=1S/C18H12N6O5/c25-18(13-2-1-11-19-12-13)22(15-7-9-17(10-8-15)24(28)29)21-20-14-3-5-16(6-4-14)23(26)27/h1-12H. The first kappa shape index (κ1) is 19.2. The van der Waals surface area contributed by atoms with Crippen LogP contribution in [0, 0.1) is 20.2 Å². The van der Waals surface area contributed by atoms with Crippen molar-refractivity contribution in [3.8, 4) is 0 Å². The van der Waals surface area contributed by atoms with Crippen molar-refractivity contribution < 1.29 is 14.6 Å². The topological polar surface area (TPSA) is 144 Å². The molecule has 0 bridgehead atoms. The highest BCUT2D eigenvalue weighted by Crippen LogP contribution is 2.24. The van der Waals surface area contributed by atoms with E-state index in [0.29, 0.717) is 0 Å². The number of benzene rings is 2. The zero-order valence-corrected chi connectivity index (χ0v) is 14.7.